The molecule has 1 N–H and O–H groups in total. The molecule has 0 saturated heterocycles. The maximum absolute atomic E-state index is 12.6. The van der Waals surface area contributed by atoms with E-state index >= 15 is 0 Å². The number of hydrogen-bond donors (Lipinski definition) is 1. The van der Waals surface area contributed by atoms with E-state index in [1.807, 2.05) is 43.3 Å². The van der Waals surface area contributed by atoms with Gasteiger partial charge in [0.1, 0.15) is 11.8 Å². The van der Waals surface area contributed by atoms with Crippen LogP contribution >= 0.6 is 0 Å². The van der Waals surface area contributed by atoms with Crippen molar-refractivity contribution in [2.45, 2.75) is 45.8 Å². The molecule has 0 spiro atoms. The van der Waals surface area contributed by atoms with Crippen LogP contribution in [0.25, 0.3) is 0 Å². The molecule has 0 aliphatic heterocycles. The smallest absolute Gasteiger partial charge is 0.242 e. The average Bonchev–Trinajstić information content (AvgIpc) is 2.71. The van der Waals surface area contributed by atoms with E-state index in [0.717, 1.165) is 23.3 Å². The summed E-state index contributed by atoms with van der Waals surface area (Å²) in [5.74, 6) is 0.554. The van der Waals surface area contributed by atoms with Gasteiger partial charge in [0.2, 0.25) is 11.8 Å². The van der Waals surface area contributed by atoms with E-state index in [1.54, 1.807) is 31.3 Å². The summed E-state index contributed by atoms with van der Waals surface area (Å²) < 4.78 is 5.17. The summed E-state index contributed by atoms with van der Waals surface area (Å²) >= 11 is 0. The van der Waals surface area contributed by atoms with Crippen molar-refractivity contribution in [1.29, 1.82) is 0 Å². The molecule has 6 nitrogen and oxygen atoms in total. The van der Waals surface area contributed by atoms with Crippen LogP contribution in [0.2, 0.25) is 0 Å². The highest BCUT2D eigenvalue weighted by Crippen LogP contribution is 2.16. The Kier molecular flexibility index (Phi) is 7.79. The number of carbonyl (C=O) groups excluding carboxylic acids is 2. The molecule has 1 unspecified atom stereocenters. The molecule has 27 heavy (non-hydrogen) atoms. The molecule has 0 radical (unpaired) electrons. The summed E-state index contributed by atoms with van der Waals surface area (Å²) in [5.41, 5.74) is 1.92. The van der Waals surface area contributed by atoms with Gasteiger partial charge in [-0.2, -0.15) is 0 Å². The van der Waals surface area contributed by atoms with Crippen LogP contribution in [-0.2, 0) is 22.7 Å². The van der Waals surface area contributed by atoms with Crippen LogP contribution in [0.15, 0.2) is 48.8 Å². The van der Waals surface area contributed by atoms with E-state index in [0.29, 0.717) is 19.5 Å². The van der Waals surface area contributed by atoms with Crippen LogP contribution < -0.4 is 10.1 Å². The van der Waals surface area contributed by atoms with Gasteiger partial charge < -0.3 is 15.0 Å². The second kappa shape index (κ2) is 10.3. The van der Waals surface area contributed by atoms with Crippen molar-refractivity contribution < 1.29 is 14.3 Å². The average molecular weight is 369 g/mol. The molecule has 0 aliphatic rings. The Labute approximate surface area is 160 Å². The number of nitrogens with one attached hydrogen (secondary N) is 1. The van der Waals surface area contributed by atoms with Crippen molar-refractivity contribution in [2.75, 3.05) is 7.11 Å². The van der Waals surface area contributed by atoms with E-state index in [9.17, 15) is 9.59 Å². The van der Waals surface area contributed by atoms with Crippen LogP contribution in [0.5, 0.6) is 5.75 Å². The molecule has 2 amide bonds. The lowest BCUT2D eigenvalue weighted by Gasteiger charge is -2.29. The van der Waals surface area contributed by atoms with E-state index < -0.39 is 6.04 Å². The highest BCUT2D eigenvalue weighted by atomic mass is 16.5. The number of benzene rings is 1. The molecule has 144 valence electrons. The molecular weight excluding hydrogens is 342 g/mol. The zero-order valence-electron chi connectivity index (χ0n) is 16.1. The Morgan fingerprint density at radius 2 is 1.78 bits per heavy atom. The van der Waals surface area contributed by atoms with Gasteiger partial charge in [-0.15, -0.1) is 0 Å². The lowest BCUT2D eigenvalue weighted by atomic mass is 10.1. The lowest BCUT2D eigenvalue weighted by Crippen LogP contribution is -2.47. The Bertz CT molecular complexity index is 732. The van der Waals surface area contributed by atoms with Gasteiger partial charge >= 0.3 is 0 Å². The number of methoxy groups -OCH3 is 1. The molecule has 0 saturated carbocycles. The number of rotatable bonds is 9. The molecule has 6 heteroatoms. The Balaban J connectivity index is 2.06. The number of nitrogens with zero attached hydrogens (tertiary/aromatic N) is 2. The number of amides is 2. The number of carbonyl (C=O) groups is 2. The Hall–Kier alpha value is -2.89. The largest absolute Gasteiger partial charge is 0.497 e. The Morgan fingerprint density at radius 3 is 2.37 bits per heavy atom. The van der Waals surface area contributed by atoms with Crippen LogP contribution in [-0.4, -0.2) is 34.8 Å². The lowest BCUT2D eigenvalue weighted by molar-refractivity contribution is -0.140. The maximum atomic E-state index is 12.6. The van der Waals surface area contributed by atoms with Crippen LogP contribution in [0.4, 0.5) is 0 Å². The van der Waals surface area contributed by atoms with Crippen LogP contribution in [0.3, 0.4) is 0 Å². The quantitative estimate of drug-likeness (QED) is 0.738. The third-order valence-corrected chi connectivity index (χ3v) is 4.36. The zero-order chi connectivity index (χ0) is 19.6. The SMILES string of the molecule is CCCC(=O)N(Cc1ccc(OC)cc1)C(C)C(=O)NCc1ccncc1. The first-order valence-corrected chi connectivity index (χ1v) is 9.14. The van der Waals surface area contributed by atoms with E-state index in [2.05, 4.69) is 10.3 Å². The number of ether oxygens (including phenoxy) is 1. The summed E-state index contributed by atoms with van der Waals surface area (Å²) in [6.07, 6.45) is 4.53. The highest BCUT2D eigenvalue weighted by molar-refractivity contribution is 5.87. The van der Waals surface area contributed by atoms with Crippen molar-refractivity contribution in [1.82, 2.24) is 15.2 Å². The van der Waals surface area contributed by atoms with Gasteiger partial charge in [0.15, 0.2) is 0 Å². The molecule has 1 heterocycles. The number of aromatic nitrogens is 1. The van der Waals surface area contributed by atoms with Gasteiger partial charge in [0.25, 0.3) is 0 Å². The van der Waals surface area contributed by atoms with Gasteiger partial charge in [0.05, 0.1) is 7.11 Å². The predicted octanol–water partition coefficient (Wildman–Crippen LogP) is 2.92. The summed E-state index contributed by atoms with van der Waals surface area (Å²) in [6, 6.07) is 10.7. The molecule has 0 fully saturated rings. The summed E-state index contributed by atoms with van der Waals surface area (Å²) in [5, 5.41) is 2.90. The maximum Gasteiger partial charge on any atom is 0.242 e. The van der Waals surface area contributed by atoms with Crippen molar-refractivity contribution in [3.05, 3.63) is 59.9 Å². The Morgan fingerprint density at radius 1 is 1.11 bits per heavy atom. The minimum atomic E-state index is -0.562. The molecule has 2 rings (SSSR count). The minimum absolute atomic E-state index is 0.0279. The molecule has 0 bridgehead atoms. The first kappa shape index (κ1) is 20.4. The van der Waals surface area contributed by atoms with Crippen molar-refractivity contribution in [2.24, 2.45) is 0 Å². The van der Waals surface area contributed by atoms with Crippen molar-refractivity contribution >= 4 is 11.8 Å². The number of hydrogen-bond acceptors (Lipinski definition) is 4. The first-order valence-electron chi connectivity index (χ1n) is 9.14. The summed E-state index contributed by atoms with van der Waals surface area (Å²) in [4.78, 5) is 30.8. The van der Waals surface area contributed by atoms with Gasteiger partial charge in [-0.05, 0) is 48.7 Å². The monoisotopic (exact) mass is 369 g/mol. The topological polar surface area (TPSA) is 71.5 Å². The van der Waals surface area contributed by atoms with E-state index in [-0.39, 0.29) is 11.8 Å². The van der Waals surface area contributed by atoms with Crippen LogP contribution in [0.1, 0.15) is 37.8 Å². The second-order valence-electron chi connectivity index (χ2n) is 6.37. The third kappa shape index (κ3) is 6.09. The third-order valence-electron chi connectivity index (χ3n) is 4.36. The van der Waals surface area contributed by atoms with Gasteiger partial charge in [-0.3, -0.25) is 14.6 Å². The highest BCUT2D eigenvalue weighted by Gasteiger charge is 2.25. The fourth-order valence-electron chi connectivity index (χ4n) is 2.71. The minimum Gasteiger partial charge on any atom is -0.497 e. The van der Waals surface area contributed by atoms with Crippen molar-refractivity contribution in [3.8, 4) is 5.75 Å². The van der Waals surface area contributed by atoms with Gasteiger partial charge in [-0.25, -0.2) is 0 Å². The van der Waals surface area contributed by atoms with Crippen molar-refractivity contribution in [3.63, 3.8) is 0 Å². The summed E-state index contributed by atoms with van der Waals surface area (Å²) in [7, 11) is 1.61. The standard InChI is InChI=1S/C21H27N3O3/c1-4-5-20(25)24(15-18-6-8-19(27-3)9-7-18)16(2)21(26)23-14-17-10-12-22-13-11-17/h6-13,16H,4-5,14-15H2,1-3H3,(H,23,26). The molecule has 0 aliphatic carbocycles. The normalized spacial score (nSPS) is 11.5. The molecular formula is C21H27N3O3. The van der Waals surface area contributed by atoms with E-state index in [1.165, 1.54) is 0 Å². The summed E-state index contributed by atoms with van der Waals surface area (Å²) in [6.45, 7) is 4.51. The zero-order valence-corrected chi connectivity index (χ0v) is 16.1. The first-order chi connectivity index (χ1) is 13.0. The molecule has 1 aromatic carbocycles. The van der Waals surface area contributed by atoms with E-state index in [4.69, 9.17) is 4.74 Å². The van der Waals surface area contributed by atoms with Crippen LogP contribution in [0, 0.1) is 0 Å². The second-order valence-corrected chi connectivity index (χ2v) is 6.37. The molecule has 1 atom stereocenters. The van der Waals surface area contributed by atoms with Gasteiger partial charge in [0, 0.05) is 31.9 Å². The number of pyridine rings is 1. The van der Waals surface area contributed by atoms with Gasteiger partial charge in [-0.1, -0.05) is 19.1 Å². The molecule has 2 aromatic rings. The predicted molar refractivity (Wildman–Crippen MR) is 104 cm³/mol. The molecule has 1 aromatic heterocycles. The fourth-order valence-corrected chi connectivity index (χ4v) is 2.71. The fraction of sp³-hybridized carbons (Fsp3) is 0.381.